The van der Waals surface area contributed by atoms with E-state index in [0.29, 0.717) is 15.8 Å². The molecule has 30 heavy (non-hydrogen) atoms. The molecule has 158 valence electrons. The highest BCUT2D eigenvalue weighted by atomic mass is 35.5. The number of carbonyl (C=O) groups is 1. The zero-order valence-corrected chi connectivity index (χ0v) is 17.4. The molecule has 2 fully saturated rings. The number of aliphatic hydroxyl groups is 2. The molecule has 0 radical (unpaired) electrons. The van der Waals surface area contributed by atoms with Crippen LogP contribution in [0.2, 0.25) is 5.02 Å². The van der Waals surface area contributed by atoms with E-state index < -0.39 is 36.1 Å². The van der Waals surface area contributed by atoms with Crippen LogP contribution in [0.25, 0.3) is 0 Å². The smallest absolute Gasteiger partial charge is 0.222 e. The molecule has 1 aliphatic heterocycles. The van der Waals surface area contributed by atoms with Crippen molar-refractivity contribution in [3.05, 3.63) is 64.9 Å². The molecule has 1 amide bonds. The number of fused-ring (bicyclic) bond motifs is 1. The number of rotatable bonds is 4. The van der Waals surface area contributed by atoms with Crippen molar-refractivity contribution in [3.63, 3.8) is 0 Å². The Morgan fingerprint density at radius 3 is 2.37 bits per heavy atom. The molecule has 0 spiro atoms. The van der Waals surface area contributed by atoms with Crippen LogP contribution in [0.15, 0.2) is 48.5 Å². The van der Waals surface area contributed by atoms with Crippen LogP contribution in [0.5, 0.6) is 0 Å². The van der Waals surface area contributed by atoms with E-state index in [9.17, 15) is 19.4 Å². The minimum absolute atomic E-state index is 0.0365. The Morgan fingerprint density at radius 2 is 1.77 bits per heavy atom. The Labute approximate surface area is 183 Å². The number of hydrogen-bond acceptors (Lipinski definition) is 4. The summed E-state index contributed by atoms with van der Waals surface area (Å²) in [5.74, 6) is -1.65. The van der Waals surface area contributed by atoms with Crippen molar-refractivity contribution in [2.75, 3.05) is 4.90 Å². The van der Waals surface area contributed by atoms with E-state index in [1.54, 1.807) is 46.2 Å². The summed E-state index contributed by atoms with van der Waals surface area (Å²) in [6.07, 6.45) is -2.22. The molecule has 9 heteroatoms. The highest BCUT2D eigenvalue weighted by molar-refractivity contribution is 7.80. The van der Waals surface area contributed by atoms with Crippen LogP contribution < -0.4 is 10.6 Å². The van der Waals surface area contributed by atoms with E-state index in [-0.39, 0.29) is 18.8 Å². The Morgan fingerprint density at radius 1 is 1.13 bits per heavy atom. The van der Waals surface area contributed by atoms with Crippen molar-refractivity contribution < 1.29 is 19.4 Å². The number of halogens is 2. The zero-order valence-electron chi connectivity index (χ0n) is 15.9. The van der Waals surface area contributed by atoms with Crippen LogP contribution in [-0.4, -0.2) is 50.4 Å². The molecule has 5 atom stereocenters. The maximum atomic E-state index is 13.3. The van der Waals surface area contributed by atoms with Gasteiger partial charge in [0.05, 0.1) is 24.1 Å². The Bertz CT molecular complexity index is 959. The average molecular weight is 450 g/mol. The SMILES string of the molecule is NC(=O)C1CC(O)C(O)C2C1N(c1ccc(Cl)cc1)C(=S)N2Cc1ccc(F)cc1. The van der Waals surface area contributed by atoms with Gasteiger partial charge in [0.2, 0.25) is 5.91 Å². The average Bonchev–Trinajstić information content (AvgIpc) is 2.99. The van der Waals surface area contributed by atoms with Crippen LogP contribution >= 0.6 is 23.8 Å². The van der Waals surface area contributed by atoms with Gasteiger partial charge in [-0.1, -0.05) is 23.7 Å². The van der Waals surface area contributed by atoms with Crippen molar-refractivity contribution in [1.29, 1.82) is 0 Å². The number of primary amides is 1. The molecule has 1 saturated carbocycles. The molecule has 5 unspecified atom stereocenters. The monoisotopic (exact) mass is 449 g/mol. The van der Waals surface area contributed by atoms with Crippen LogP contribution in [0.3, 0.4) is 0 Å². The first-order valence-corrected chi connectivity index (χ1v) is 10.3. The minimum atomic E-state index is -1.14. The summed E-state index contributed by atoms with van der Waals surface area (Å²) >= 11 is 11.8. The van der Waals surface area contributed by atoms with Gasteiger partial charge in [-0.2, -0.15) is 0 Å². The van der Waals surface area contributed by atoms with Gasteiger partial charge in [-0.3, -0.25) is 4.79 Å². The van der Waals surface area contributed by atoms with Crippen LogP contribution in [-0.2, 0) is 11.3 Å². The minimum Gasteiger partial charge on any atom is -0.390 e. The molecule has 4 N–H and O–H groups in total. The van der Waals surface area contributed by atoms with Crippen molar-refractivity contribution in [3.8, 4) is 0 Å². The third-order valence-corrected chi connectivity index (χ3v) is 6.53. The third-order valence-electron chi connectivity index (χ3n) is 5.85. The zero-order chi connectivity index (χ0) is 21.6. The number of anilines is 1. The second-order valence-electron chi connectivity index (χ2n) is 7.67. The van der Waals surface area contributed by atoms with E-state index >= 15 is 0 Å². The molecule has 1 heterocycles. The lowest BCUT2D eigenvalue weighted by Gasteiger charge is -2.42. The lowest BCUT2D eigenvalue weighted by Crippen LogP contribution is -2.60. The molecule has 6 nitrogen and oxygen atoms in total. The summed E-state index contributed by atoms with van der Waals surface area (Å²) in [5, 5.41) is 22.2. The molecular formula is C21H21ClFN3O3S. The Kier molecular flexibility index (Phi) is 5.67. The first-order valence-electron chi connectivity index (χ1n) is 9.53. The molecule has 0 bridgehead atoms. The molecule has 2 aliphatic rings. The van der Waals surface area contributed by atoms with Gasteiger partial charge in [0.25, 0.3) is 0 Å². The summed E-state index contributed by atoms with van der Waals surface area (Å²) in [4.78, 5) is 15.8. The van der Waals surface area contributed by atoms with Gasteiger partial charge < -0.3 is 25.7 Å². The van der Waals surface area contributed by atoms with E-state index in [2.05, 4.69) is 0 Å². The second-order valence-corrected chi connectivity index (χ2v) is 8.47. The van der Waals surface area contributed by atoms with Gasteiger partial charge in [-0.25, -0.2) is 4.39 Å². The quantitative estimate of drug-likeness (QED) is 0.619. The maximum absolute atomic E-state index is 13.3. The van der Waals surface area contributed by atoms with Crippen LogP contribution in [0.1, 0.15) is 12.0 Å². The molecule has 0 aromatic heterocycles. The molecule has 2 aromatic rings. The summed E-state index contributed by atoms with van der Waals surface area (Å²) in [5.41, 5.74) is 7.15. The number of aliphatic hydroxyl groups excluding tert-OH is 2. The van der Waals surface area contributed by atoms with Gasteiger partial charge in [0, 0.05) is 17.3 Å². The highest BCUT2D eigenvalue weighted by Crippen LogP contribution is 2.41. The number of carbonyl (C=O) groups excluding carboxylic acids is 1. The number of benzene rings is 2. The number of thiocarbonyl (C=S) groups is 1. The van der Waals surface area contributed by atoms with E-state index in [1.165, 1.54) is 12.1 Å². The molecule has 1 aliphatic carbocycles. The number of hydrogen-bond donors (Lipinski definition) is 3. The van der Waals surface area contributed by atoms with Crippen molar-refractivity contribution >= 4 is 40.5 Å². The van der Waals surface area contributed by atoms with Gasteiger partial charge in [-0.05, 0) is 60.6 Å². The van der Waals surface area contributed by atoms with E-state index in [1.807, 2.05) is 0 Å². The fraction of sp³-hybridized carbons (Fsp3) is 0.333. The Balaban J connectivity index is 1.78. The van der Waals surface area contributed by atoms with Crippen molar-refractivity contribution in [1.82, 2.24) is 4.90 Å². The predicted octanol–water partition coefficient (Wildman–Crippen LogP) is 2.05. The van der Waals surface area contributed by atoms with Gasteiger partial charge in [0.1, 0.15) is 11.9 Å². The number of amides is 1. The molecule has 2 aromatic carbocycles. The van der Waals surface area contributed by atoms with Crippen LogP contribution in [0.4, 0.5) is 10.1 Å². The van der Waals surface area contributed by atoms with Gasteiger partial charge in [-0.15, -0.1) is 0 Å². The second kappa shape index (κ2) is 8.11. The van der Waals surface area contributed by atoms with Crippen molar-refractivity contribution in [2.24, 2.45) is 11.7 Å². The predicted molar refractivity (Wildman–Crippen MR) is 115 cm³/mol. The lowest BCUT2D eigenvalue weighted by molar-refractivity contribution is -0.129. The largest absolute Gasteiger partial charge is 0.390 e. The fourth-order valence-corrected chi connectivity index (χ4v) is 4.97. The summed E-state index contributed by atoms with van der Waals surface area (Å²) < 4.78 is 13.3. The summed E-state index contributed by atoms with van der Waals surface area (Å²) in [7, 11) is 0. The third kappa shape index (κ3) is 3.65. The molecular weight excluding hydrogens is 429 g/mol. The van der Waals surface area contributed by atoms with E-state index in [4.69, 9.17) is 29.6 Å². The standard InChI is InChI=1S/C21H21ClFN3O3S/c22-12-3-7-14(8-4-12)26-17-15(20(24)29)9-16(27)19(28)18(17)25(21(26)30)10-11-1-5-13(23)6-2-11/h1-8,15-19,27-28H,9-10H2,(H2,24,29). The topological polar surface area (TPSA) is 90.0 Å². The van der Waals surface area contributed by atoms with Gasteiger partial charge >= 0.3 is 0 Å². The normalized spacial score (nSPS) is 28.5. The first-order chi connectivity index (χ1) is 14.3. The number of nitrogens with zero attached hydrogens (tertiary/aromatic N) is 2. The van der Waals surface area contributed by atoms with Gasteiger partial charge in [0.15, 0.2) is 5.11 Å². The molecule has 4 rings (SSSR count). The highest BCUT2D eigenvalue weighted by Gasteiger charge is 2.56. The first kappa shape index (κ1) is 21.0. The number of nitrogens with two attached hydrogens (primary N) is 1. The van der Waals surface area contributed by atoms with Crippen molar-refractivity contribution in [2.45, 2.75) is 37.3 Å². The Hall–Kier alpha value is -2.26. The summed E-state index contributed by atoms with van der Waals surface area (Å²) in [6.45, 7) is 0.277. The molecule has 1 saturated heterocycles. The van der Waals surface area contributed by atoms with E-state index in [0.717, 1.165) is 5.56 Å². The van der Waals surface area contributed by atoms with Crippen LogP contribution in [0, 0.1) is 11.7 Å². The summed E-state index contributed by atoms with van der Waals surface area (Å²) in [6, 6.07) is 11.7. The maximum Gasteiger partial charge on any atom is 0.222 e. The fourth-order valence-electron chi connectivity index (χ4n) is 4.43. The lowest BCUT2D eigenvalue weighted by atomic mass is 9.76.